The van der Waals surface area contributed by atoms with Crippen LogP contribution in [0.4, 0.5) is 4.39 Å². The zero-order valence-electron chi connectivity index (χ0n) is 10.3. The molecule has 20 heavy (non-hydrogen) atoms. The highest BCUT2D eigenvalue weighted by Gasteiger charge is 2.21. The number of benzene rings is 1. The van der Waals surface area contributed by atoms with E-state index in [-0.39, 0.29) is 16.5 Å². The summed E-state index contributed by atoms with van der Waals surface area (Å²) in [4.78, 5) is 0.0473. The number of halogens is 3. The summed E-state index contributed by atoms with van der Waals surface area (Å²) in [7, 11) is -3.88. The number of thiocarbonyl (C=S) groups is 1. The van der Waals surface area contributed by atoms with Crippen molar-refractivity contribution in [1.82, 2.24) is 4.72 Å². The topological polar surface area (TPSA) is 72.2 Å². The number of rotatable bonds is 7. The van der Waals surface area contributed by atoms with E-state index in [0.29, 0.717) is 24.3 Å². The van der Waals surface area contributed by atoms with Crippen LogP contribution in [0.3, 0.4) is 0 Å². The number of hydrogen-bond acceptors (Lipinski definition) is 3. The third-order valence-corrected chi connectivity index (χ3v) is 4.91. The molecule has 0 radical (unpaired) electrons. The molecule has 0 aliphatic heterocycles. The predicted octanol–water partition coefficient (Wildman–Crippen LogP) is 2.87. The van der Waals surface area contributed by atoms with Crippen LogP contribution < -0.4 is 10.5 Å². The molecule has 0 aliphatic rings. The number of nitrogens with two attached hydrogens (primary N) is 1. The number of sulfonamides is 1. The molecule has 0 heterocycles. The molecule has 1 rings (SSSR count). The van der Waals surface area contributed by atoms with E-state index in [1.807, 2.05) is 0 Å². The Morgan fingerprint density at radius 2 is 2.00 bits per heavy atom. The van der Waals surface area contributed by atoms with E-state index in [1.165, 1.54) is 0 Å². The lowest BCUT2D eigenvalue weighted by Crippen LogP contribution is -2.25. The van der Waals surface area contributed by atoms with Crippen molar-refractivity contribution in [2.75, 3.05) is 6.54 Å². The van der Waals surface area contributed by atoms with Gasteiger partial charge in [-0.25, -0.2) is 17.5 Å². The largest absolute Gasteiger partial charge is 0.393 e. The van der Waals surface area contributed by atoms with Gasteiger partial charge in [0.25, 0.3) is 0 Å². The van der Waals surface area contributed by atoms with Crippen LogP contribution in [-0.2, 0) is 10.0 Å². The lowest BCUT2D eigenvalue weighted by Gasteiger charge is -2.09. The van der Waals surface area contributed by atoms with E-state index in [1.54, 1.807) is 0 Å². The molecule has 0 saturated carbocycles. The fraction of sp³-hybridized carbons (Fsp3) is 0.364. The smallest absolute Gasteiger partial charge is 0.242 e. The second-order valence-corrected chi connectivity index (χ2v) is 7.04. The van der Waals surface area contributed by atoms with Gasteiger partial charge in [-0.2, -0.15) is 0 Å². The fourth-order valence-electron chi connectivity index (χ4n) is 1.42. The van der Waals surface area contributed by atoms with Gasteiger partial charge in [-0.3, -0.25) is 0 Å². The minimum absolute atomic E-state index is 0.186. The zero-order chi connectivity index (χ0) is 15.3. The van der Waals surface area contributed by atoms with Crippen molar-refractivity contribution in [1.29, 1.82) is 0 Å². The van der Waals surface area contributed by atoms with Crippen LogP contribution in [0.15, 0.2) is 17.0 Å². The first kappa shape index (κ1) is 17.6. The molecule has 0 aliphatic carbocycles. The molecule has 3 N–H and O–H groups in total. The average molecular weight is 359 g/mol. The molecule has 0 aromatic heterocycles. The average Bonchev–Trinajstić information content (AvgIpc) is 2.34. The van der Waals surface area contributed by atoms with Crippen molar-refractivity contribution >= 4 is 50.4 Å². The van der Waals surface area contributed by atoms with Gasteiger partial charge in [0.15, 0.2) is 5.82 Å². The highest BCUT2D eigenvalue weighted by Crippen LogP contribution is 2.29. The molecule has 4 nitrogen and oxygen atoms in total. The number of unbranched alkanes of at least 4 members (excludes halogenated alkanes) is 1. The van der Waals surface area contributed by atoms with Gasteiger partial charge in [-0.1, -0.05) is 35.4 Å². The van der Waals surface area contributed by atoms with E-state index in [2.05, 4.69) is 4.72 Å². The van der Waals surface area contributed by atoms with Gasteiger partial charge in [-0.15, -0.1) is 0 Å². The van der Waals surface area contributed by atoms with E-state index < -0.39 is 20.9 Å². The van der Waals surface area contributed by atoms with Crippen molar-refractivity contribution in [3.63, 3.8) is 0 Å². The Hall–Kier alpha value is -0.470. The molecule has 0 amide bonds. The molecule has 0 saturated heterocycles. The minimum Gasteiger partial charge on any atom is -0.393 e. The summed E-state index contributed by atoms with van der Waals surface area (Å²) >= 11 is 15.9. The van der Waals surface area contributed by atoms with Crippen molar-refractivity contribution in [2.24, 2.45) is 5.73 Å². The molecule has 1 aromatic carbocycles. The maximum absolute atomic E-state index is 13.5. The number of hydrogen-bond donors (Lipinski definition) is 2. The first-order valence-electron chi connectivity index (χ1n) is 5.67. The third-order valence-electron chi connectivity index (χ3n) is 2.43. The van der Waals surface area contributed by atoms with Gasteiger partial charge in [-0.05, 0) is 31.4 Å². The summed E-state index contributed by atoms with van der Waals surface area (Å²) in [6.07, 6.45) is 1.78. The fourth-order valence-corrected chi connectivity index (χ4v) is 3.39. The Morgan fingerprint density at radius 1 is 1.35 bits per heavy atom. The Bertz CT molecular complexity index is 609. The molecular weight excluding hydrogens is 346 g/mol. The van der Waals surface area contributed by atoms with Gasteiger partial charge >= 0.3 is 0 Å². The molecule has 0 spiro atoms. The summed E-state index contributed by atoms with van der Waals surface area (Å²) in [6.45, 7) is 0.186. The zero-order valence-corrected chi connectivity index (χ0v) is 13.5. The Balaban J connectivity index is 2.70. The van der Waals surface area contributed by atoms with Gasteiger partial charge in [0.05, 0.1) is 15.0 Å². The van der Waals surface area contributed by atoms with E-state index in [9.17, 15) is 12.8 Å². The van der Waals surface area contributed by atoms with Crippen molar-refractivity contribution in [3.8, 4) is 0 Å². The predicted molar refractivity (Wildman–Crippen MR) is 82.2 cm³/mol. The van der Waals surface area contributed by atoms with E-state index >= 15 is 0 Å². The van der Waals surface area contributed by atoms with Crippen LogP contribution in [0.1, 0.15) is 19.3 Å². The van der Waals surface area contributed by atoms with E-state index in [4.69, 9.17) is 41.2 Å². The van der Waals surface area contributed by atoms with Crippen molar-refractivity contribution < 1.29 is 12.8 Å². The van der Waals surface area contributed by atoms with Crippen molar-refractivity contribution in [3.05, 3.63) is 28.0 Å². The van der Waals surface area contributed by atoms with Gasteiger partial charge in [0.1, 0.15) is 4.90 Å². The van der Waals surface area contributed by atoms with Crippen LogP contribution in [0.25, 0.3) is 0 Å². The molecule has 112 valence electrons. The maximum Gasteiger partial charge on any atom is 0.242 e. The first-order chi connectivity index (χ1) is 9.25. The Morgan fingerprint density at radius 3 is 2.60 bits per heavy atom. The molecule has 0 atom stereocenters. The Labute approximate surface area is 132 Å². The quantitative estimate of drug-likeness (QED) is 0.446. The van der Waals surface area contributed by atoms with E-state index in [0.717, 1.165) is 12.1 Å². The normalized spacial score (nSPS) is 11.6. The lowest BCUT2D eigenvalue weighted by atomic mass is 10.2. The van der Waals surface area contributed by atoms with Gasteiger partial charge in [0, 0.05) is 6.54 Å². The molecule has 0 bridgehead atoms. The summed E-state index contributed by atoms with van der Waals surface area (Å²) < 4.78 is 39.7. The third kappa shape index (κ3) is 4.82. The maximum atomic E-state index is 13.5. The van der Waals surface area contributed by atoms with Gasteiger partial charge in [0.2, 0.25) is 10.0 Å². The summed E-state index contributed by atoms with van der Waals surface area (Å²) in [5.41, 5.74) is 5.32. The SMILES string of the molecule is NC(=S)CCCCNS(=O)(=O)c1ccc(Cl)c(F)c1Cl. The summed E-state index contributed by atoms with van der Waals surface area (Å²) in [6, 6.07) is 2.30. The molecular formula is C11H13Cl2FN2O2S2. The second-order valence-electron chi connectivity index (χ2n) is 3.99. The molecule has 0 unspecified atom stereocenters. The van der Waals surface area contributed by atoms with Crippen LogP contribution in [-0.4, -0.2) is 20.0 Å². The summed E-state index contributed by atoms with van der Waals surface area (Å²) in [5, 5.41) is -0.751. The summed E-state index contributed by atoms with van der Waals surface area (Å²) in [5.74, 6) is -0.954. The van der Waals surface area contributed by atoms with Crippen LogP contribution >= 0.6 is 35.4 Å². The monoisotopic (exact) mass is 358 g/mol. The minimum atomic E-state index is -3.88. The Kier molecular flexibility index (Phi) is 6.60. The molecule has 1 aromatic rings. The highest BCUT2D eigenvalue weighted by atomic mass is 35.5. The number of nitrogens with one attached hydrogen (secondary N) is 1. The van der Waals surface area contributed by atoms with Crippen LogP contribution in [0, 0.1) is 5.82 Å². The molecule has 9 heteroatoms. The highest BCUT2D eigenvalue weighted by molar-refractivity contribution is 7.89. The van der Waals surface area contributed by atoms with Crippen LogP contribution in [0.5, 0.6) is 0 Å². The van der Waals surface area contributed by atoms with Gasteiger partial charge < -0.3 is 5.73 Å². The van der Waals surface area contributed by atoms with Crippen LogP contribution in [0.2, 0.25) is 10.0 Å². The standard InChI is InChI=1S/C11H13Cl2FN2O2S2/c12-7-4-5-8(10(13)11(7)14)20(17,18)16-6-2-1-3-9(15)19/h4-5,16H,1-3,6H2,(H2,15,19). The first-order valence-corrected chi connectivity index (χ1v) is 8.32. The van der Waals surface area contributed by atoms with Crippen molar-refractivity contribution in [2.45, 2.75) is 24.2 Å². The molecule has 0 fully saturated rings. The lowest BCUT2D eigenvalue weighted by molar-refractivity contribution is 0.574. The second kappa shape index (κ2) is 7.51.